The minimum atomic E-state index is -0.208. The van der Waals surface area contributed by atoms with Crippen molar-refractivity contribution < 1.29 is 9.53 Å². The number of hydrogen-bond acceptors (Lipinski definition) is 4. The largest absolute Gasteiger partial charge is 0.494 e. The highest BCUT2D eigenvalue weighted by molar-refractivity contribution is 9.10. The molecule has 27 heavy (non-hydrogen) atoms. The van der Waals surface area contributed by atoms with E-state index in [2.05, 4.69) is 26.2 Å². The summed E-state index contributed by atoms with van der Waals surface area (Å²) in [4.78, 5) is 17.8. The molecule has 0 saturated heterocycles. The van der Waals surface area contributed by atoms with Gasteiger partial charge in [0, 0.05) is 21.0 Å². The quantitative estimate of drug-likeness (QED) is 0.481. The molecule has 0 aliphatic rings. The summed E-state index contributed by atoms with van der Waals surface area (Å²) in [5.41, 5.74) is 2.84. The fourth-order valence-corrected chi connectivity index (χ4v) is 3.59. The lowest BCUT2D eigenvalue weighted by atomic mass is 10.1. The first-order valence-electron chi connectivity index (χ1n) is 8.50. The van der Waals surface area contributed by atoms with Gasteiger partial charge in [-0.1, -0.05) is 40.2 Å². The summed E-state index contributed by atoms with van der Waals surface area (Å²) in [6, 6.07) is 15.6. The van der Waals surface area contributed by atoms with E-state index in [1.165, 1.54) is 17.4 Å². The number of benzene rings is 2. The molecule has 3 aromatic rings. The van der Waals surface area contributed by atoms with E-state index in [1.807, 2.05) is 62.4 Å². The average Bonchev–Trinajstić information content (AvgIpc) is 3.02. The first-order chi connectivity index (χ1) is 13.0. The molecule has 0 aliphatic heterocycles. The van der Waals surface area contributed by atoms with E-state index in [4.69, 9.17) is 4.74 Å². The second-order valence-electron chi connectivity index (χ2n) is 5.76. The van der Waals surface area contributed by atoms with Crippen molar-refractivity contribution in [3.8, 4) is 17.0 Å². The Bertz CT molecular complexity index is 947. The second kappa shape index (κ2) is 8.97. The molecule has 0 radical (unpaired) electrons. The number of aromatic nitrogens is 1. The molecule has 138 valence electrons. The van der Waals surface area contributed by atoms with Crippen LogP contribution in [0, 0.1) is 6.92 Å². The molecular weight excluding hydrogens is 424 g/mol. The zero-order valence-electron chi connectivity index (χ0n) is 15.0. The Kier molecular flexibility index (Phi) is 6.42. The number of ether oxygens (including phenoxy) is 1. The number of thiazole rings is 1. The van der Waals surface area contributed by atoms with Crippen LogP contribution in [0.2, 0.25) is 0 Å². The van der Waals surface area contributed by atoms with Gasteiger partial charge in [-0.25, -0.2) is 4.98 Å². The first-order valence-corrected chi connectivity index (χ1v) is 10.1. The lowest BCUT2D eigenvalue weighted by molar-refractivity contribution is -0.111. The minimum Gasteiger partial charge on any atom is -0.494 e. The lowest BCUT2D eigenvalue weighted by Gasteiger charge is -2.02. The van der Waals surface area contributed by atoms with Crippen molar-refractivity contribution in [1.29, 1.82) is 0 Å². The van der Waals surface area contributed by atoms with Gasteiger partial charge in [0.25, 0.3) is 0 Å². The molecule has 0 spiro atoms. The van der Waals surface area contributed by atoms with E-state index in [-0.39, 0.29) is 5.91 Å². The number of halogens is 1. The van der Waals surface area contributed by atoms with Crippen molar-refractivity contribution in [2.45, 2.75) is 13.8 Å². The Hall–Kier alpha value is -2.44. The highest BCUT2D eigenvalue weighted by atomic mass is 79.9. The maximum atomic E-state index is 12.2. The molecule has 0 bridgehead atoms. The number of amides is 1. The van der Waals surface area contributed by atoms with Gasteiger partial charge in [-0.05, 0) is 49.8 Å². The third-order valence-electron chi connectivity index (χ3n) is 3.76. The van der Waals surface area contributed by atoms with Crippen molar-refractivity contribution in [3.05, 3.63) is 69.5 Å². The van der Waals surface area contributed by atoms with Crippen molar-refractivity contribution in [2.75, 3.05) is 11.9 Å². The topological polar surface area (TPSA) is 51.2 Å². The van der Waals surface area contributed by atoms with Gasteiger partial charge in [0.1, 0.15) is 5.75 Å². The summed E-state index contributed by atoms with van der Waals surface area (Å²) in [7, 11) is 0. The molecule has 1 N–H and O–H groups in total. The molecular formula is C21H19BrN2O2S. The number of hydrogen-bond donors (Lipinski definition) is 1. The minimum absolute atomic E-state index is 0.208. The van der Waals surface area contributed by atoms with Gasteiger partial charge in [0.15, 0.2) is 5.13 Å². The predicted molar refractivity (Wildman–Crippen MR) is 115 cm³/mol. The van der Waals surface area contributed by atoms with Gasteiger partial charge >= 0.3 is 0 Å². The Balaban J connectivity index is 1.65. The summed E-state index contributed by atoms with van der Waals surface area (Å²) in [6.07, 6.45) is 3.27. The van der Waals surface area contributed by atoms with E-state index < -0.39 is 0 Å². The normalized spacial score (nSPS) is 10.9. The number of carbonyl (C=O) groups excluding carboxylic acids is 1. The number of nitrogens with one attached hydrogen (secondary N) is 1. The molecule has 6 heteroatoms. The van der Waals surface area contributed by atoms with E-state index >= 15 is 0 Å². The van der Waals surface area contributed by atoms with Gasteiger partial charge in [-0.2, -0.15) is 0 Å². The van der Waals surface area contributed by atoms with Crippen LogP contribution in [0.1, 0.15) is 17.4 Å². The third kappa shape index (κ3) is 5.28. The summed E-state index contributed by atoms with van der Waals surface area (Å²) >= 11 is 4.90. The van der Waals surface area contributed by atoms with Crippen molar-refractivity contribution in [2.24, 2.45) is 0 Å². The van der Waals surface area contributed by atoms with Crippen molar-refractivity contribution >= 4 is 44.4 Å². The summed E-state index contributed by atoms with van der Waals surface area (Å²) in [6.45, 7) is 4.58. The van der Waals surface area contributed by atoms with E-state index in [9.17, 15) is 4.79 Å². The first kappa shape index (κ1) is 19.3. The Morgan fingerprint density at radius 3 is 2.56 bits per heavy atom. The average molecular weight is 443 g/mol. The van der Waals surface area contributed by atoms with Crippen LogP contribution in [0.15, 0.2) is 59.1 Å². The molecule has 1 heterocycles. The van der Waals surface area contributed by atoms with Gasteiger partial charge in [-0.3, -0.25) is 10.1 Å². The summed E-state index contributed by atoms with van der Waals surface area (Å²) in [5.74, 6) is 0.609. The van der Waals surface area contributed by atoms with Crippen LogP contribution in [-0.2, 0) is 4.79 Å². The van der Waals surface area contributed by atoms with Gasteiger partial charge in [0.05, 0.1) is 12.3 Å². The van der Waals surface area contributed by atoms with Crippen molar-refractivity contribution in [1.82, 2.24) is 4.98 Å². The molecule has 0 fully saturated rings. The van der Waals surface area contributed by atoms with Crippen LogP contribution in [0.4, 0.5) is 5.13 Å². The monoisotopic (exact) mass is 442 g/mol. The van der Waals surface area contributed by atoms with Gasteiger partial charge < -0.3 is 4.74 Å². The summed E-state index contributed by atoms with van der Waals surface area (Å²) < 4.78 is 6.43. The molecule has 2 aromatic carbocycles. The molecule has 1 amide bonds. The molecule has 0 atom stereocenters. The fraction of sp³-hybridized carbons (Fsp3) is 0.143. The van der Waals surface area contributed by atoms with Crippen LogP contribution in [0.25, 0.3) is 17.3 Å². The SMILES string of the molecule is CCOc1ccc(/C=C/C(=O)Nc2nc(-c3ccc(Br)cc3)c(C)s2)cc1. The number of anilines is 1. The zero-order valence-corrected chi connectivity index (χ0v) is 17.4. The predicted octanol–water partition coefficient (Wildman–Crippen LogP) is 5.93. The van der Waals surface area contributed by atoms with E-state index in [1.54, 1.807) is 6.08 Å². The maximum absolute atomic E-state index is 12.2. The van der Waals surface area contributed by atoms with E-state index in [0.717, 1.165) is 31.9 Å². The van der Waals surface area contributed by atoms with Crippen LogP contribution in [-0.4, -0.2) is 17.5 Å². The Morgan fingerprint density at radius 1 is 1.19 bits per heavy atom. The second-order valence-corrected chi connectivity index (χ2v) is 7.87. The Morgan fingerprint density at radius 2 is 1.89 bits per heavy atom. The molecule has 0 saturated carbocycles. The third-order valence-corrected chi connectivity index (χ3v) is 5.18. The zero-order chi connectivity index (χ0) is 19.2. The van der Waals surface area contributed by atoms with Gasteiger partial charge in [-0.15, -0.1) is 11.3 Å². The molecule has 0 unspecified atom stereocenters. The van der Waals surface area contributed by atoms with Crippen molar-refractivity contribution in [3.63, 3.8) is 0 Å². The van der Waals surface area contributed by atoms with Crippen LogP contribution in [0.3, 0.4) is 0 Å². The highest BCUT2D eigenvalue weighted by Crippen LogP contribution is 2.31. The van der Waals surface area contributed by atoms with Gasteiger partial charge in [0.2, 0.25) is 5.91 Å². The van der Waals surface area contributed by atoms with E-state index in [0.29, 0.717) is 11.7 Å². The highest BCUT2D eigenvalue weighted by Gasteiger charge is 2.11. The molecule has 0 aliphatic carbocycles. The number of rotatable bonds is 6. The number of nitrogens with zero attached hydrogens (tertiary/aromatic N) is 1. The molecule has 1 aromatic heterocycles. The smallest absolute Gasteiger partial charge is 0.250 e. The maximum Gasteiger partial charge on any atom is 0.250 e. The van der Waals surface area contributed by atoms with Crippen LogP contribution < -0.4 is 10.1 Å². The van der Waals surface area contributed by atoms with Crippen LogP contribution in [0.5, 0.6) is 5.75 Å². The lowest BCUT2D eigenvalue weighted by Crippen LogP contribution is -2.07. The Labute approximate surface area is 171 Å². The molecule has 3 rings (SSSR count). The number of aryl methyl sites for hydroxylation is 1. The number of carbonyl (C=O) groups is 1. The fourth-order valence-electron chi connectivity index (χ4n) is 2.49. The molecule has 4 nitrogen and oxygen atoms in total. The standard InChI is InChI=1S/C21H19BrN2O2S/c1-3-26-18-11-4-15(5-12-18)6-13-19(25)23-21-24-20(14(2)27-21)16-7-9-17(22)10-8-16/h4-13H,3H2,1-2H3,(H,23,24,25)/b13-6+. The van der Waals surface area contributed by atoms with Crippen LogP contribution >= 0.6 is 27.3 Å². The summed E-state index contributed by atoms with van der Waals surface area (Å²) in [5, 5.41) is 3.42.